The summed E-state index contributed by atoms with van der Waals surface area (Å²) in [4.78, 5) is 41.7. The lowest BCUT2D eigenvalue weighted by Gasteiger charge is -2.13. The number of nitrogens with zero attached hydrogens (tertiary/aromatic N) is 10. The number of imidazole rings is 1. The monoisotopic (exact) mass is 1460 g/mol. The summed E-state index contributed by atoms with van der Waals surface area (Å²) >= 11 is 7.97. The number of nitrogens with one attached hydrogen (secondary N) is 2. The van der Waals surface area contributed by atoms with Crippen molar-refractivity contribution in [1.82, 2.24) is 9.38 Å². The van der Waals surface area contributed by atoms with Gasteiger partial charge in [0.15, 0.2) is 5.65 Å². The van der Waals surface area contributed by atoms with Crippen molar-refractivity contribution < 1.29 is 93.8 Å². The summed E-state index contributed by atoms with van der Waals surface area (Å²) in [5, 5.41) is 51.3. The Bertz CT molecular complexity index is 4940. The Hall–Kier alpha value is -8.20. The molecule has 0 aliphatic rings. The maximum Gasteiger partial charge on any atom is 0.296 e. The van der Waals surface area contributed by atoms with Gasteiger partial charge in [0.25, 0.3) is 56.5 Å². The predicted molar refractivity (Wildman–Crippen MR) is 345 cm³/mol. The van der Waals surface area contributed by atoms with E-state index in [0.717, 1.165) is 46.1 Å². The molecule has 0 atom stereocenters. The molecule has 7 rings (SSSR count). The van der Waals surface area contributed by atoms with E-state index >= 15 is 0 Å². The Morgan fingerprint density at radius 1 is 0.617 bits per heavy atom. The summed E-state index contributed by atoms with van der Waals surface area (Å²) in [5.41, 5.74) is 3.86. The molecule has 0 radical (unpaired) electrons. The Morgan fingerprint density at radius 3 is 1.62 bits per heavy atom. The molecule has 0 spiro atoms. The number of fused-ring (bicyclic) bond motifs is 3. The summed E-state index contributed by atoms with van der Waals surface area (Å²) in [6, 6.07) is 13.6. The van der Waals surface area contributed by atoms with Crippen LogP contribution in [0.2, 0.25) is 5.02 Å². The number of amides is 3. The number of primary amides is 1. The van der Waals surface area contributed by atoms with Crippen molar-refractivity contribution in [3.8, 4) is 17.4 Å². The molecule has 10 N–H and O–H groups in total. The van der Waals surface area contributed by atoms with Crippen molar-refractivity contribution in [2.75, 3.05) is 53.1 Å². The maximum atomic E-state index is 13.1. The molecule has 34 nitrogen and oxygen atoms in total. The van der Waals surface area contributed by atoms with E-state index in [1.54, 1.807) is 6.92 Å². The standard InChI is InChI=1S/C52H54ClN13O21S7/c1-26-17-38(62-65-48-27(2)47(50(54)69)51-57-49-41(66(51)52(48)70)19-31(86-5)20-46(49)94(83,84)85)42(87-11-6-14-90(71,72)73)23-33(26)59-63-39-22-35(56-29(4)68)37(25-44(39)89-13-8-16-92(77,78)79)61-64-40-21-34(55-28(3)67)36(24-43(40)88-12-7-15-91(74,75)76)60-58-30-9-10-32(53)45(18-30)93(80,81)82/h9-10,17-25,70H,6-8,11-16H2,1-5H3,(H2,54,69)(H,55,67)(H,56,68)(H,71,72,73)(H,74,75,76)(H,77,78,79)(H,80,81,82)(H,83,84,85). The van der Waals surface area contributed by atoms with Gasteiger partial charge in [0.1, 0.15) is 60.9 Å². The average molecular weight is 1460 g/mol. The van der Waals surface area contributed by atoms with Gasteiger partial charge in [-0.1, -0.05) is 11.6 Å². The minimum Gasteiger partial charge on any atom is -0.497 e. The summed E-state index contributed by atoms with van der Waals surface area (Å²) in [6.45, 7) is 4.82. The van der Waals surface area contributed by atoms with E-state index in [2.05, 4.69) is 56.5 Å². The van der Waals surface area contributed by atoms with Gasteiger partial charge in [-0.25, -0.2) is 4.98 Å². The number of nitrogens with two attached hydrogens (primary N) is 1. The summed E-state index contributed by atoms with van der Waals surface area (Å²) in [7, 11) is -21.9. The quantitative estimate of drug-likeness (QED) is 0.00910. The van der Waals surface area contributed by atoms with Gasteiger partial charge in [-0.05, 0) is 104 Å². The molecule has 0 unspecified atom stereocenters. The van der Waals surface area contributed by atoms with Crippen molar-refractivity contribution in [3.05, 3.63) is 88.4 Å². The van der Waals surface area contributed by atoms with Crippen LogP contribution in [0.4, 0.5) is 56.9 Å². The maximum absolute atomic E-state index is 13.1. The molecule has 0 aliphatic carbocycles. The lowest BCUT2D eigenvalue weighted by Crippen LogP contribution is -2.15. The van der Waals surface area contributed by atoms with Crippen LogP contribution in [-0.4, -0.2) is 140 Å². The molecule has 7 aromatic rings. The van der Waals surface area contributed by atoms with Crippen LogP contribution >= 0.6 is 35.1 Å². The fourth-order valence-electron chi connectivity index (χ4n) is 8.46. The first kappa shape index (κ1) is 73.2. The number of aromatic hydroxyl groups is 1. The van der Waals surface area contributed by atoms with Crippen molar-refractivity contribution in [3.63, 3.8) is 0 Å². The highest BCUT2D eigenvalue weighted by Gasteiger charge is 2.28. The highest BCUT2D eigenvalue weighted by molar-refractivity contribution is 7.99. The average Bonchev–Trinajstić information content (AvgIpc) is 1.55. The first-order valence-electron chi connectivity index (χ1n) is 26.6. The summed E-state index contributed by atoms with van der Waals surface area (Å²) in [5.74, 6) is -5.38. The fourth-order valence-corrected chi connectivity index (χ4v) is 13.9. The number of hydrogen-bond acceptors (Lipinski definition) is 27. The van der Waals surface area contributed by atoms with E-state index in [9.17, 15) is 84.3 Å². The molecular formula is C52H54ClN13O21S7. The number of thioether (sulfide) groups is 2. The Morgan fingerprint density at radius 2 is 1.12 bits per heavy atom. The minimum atomic E-state index is -4.99. The van der Waals surface area contributed by atoms with Gasteiger partial charge in [-0.3, -0.25) is 41.5 Å². The first-order valence-corrected chi connectivity index (χ1v) is 36.6. The zero-order valence-electron chi connectivity index (χ0n) is 49.3. The van der Waals surface area contributed by atoms with E-state index in [0.29, 0.717) is 0 Å². The van der Waals surface area contributed by atoms with Crippen molar-refractivity contribution in [2.24, 2.45) is 46.6 Å². The SMILES string of the molecule is COc1cc(S(=O)(=O)O)c2nc3c(C(N)=O)c(C)c(N=Nc4cc(C)c(N=Nc5cc(NC(C)=O)c(N=Nc6cc(NC(C)=O)c(N=Nc7ccc(Cl)c(S(=O)(=O)O)c7)cc6SCCCS(=O)(=O)O)cc5SCCCS(=O)(=O)O)cc4OCCCS(=O)(=O)O)c(O)n3c2c1. The molecule has 0 bridgehead atoms. The lowest BCUT2D eigenvalue weighted by molar-refractivity contribution is -0.115. The number of ether oxygens (including phenoxy) is 2. The van der Waals surface area contributed by atoms with E-state index in [-0.39, 0.29) is 143 Å². The molecule has 5 aromatic carbocycles. The van der Waals surface area contributed by atoms with E-state index in [1.165, 1.54) is 76.4 Å². The number of aromatic nitrogens is 2. The number of carbonyl (C=O) groups excluding carboxylic acids is 3. The number of methoxy groups -OCH3 is 1. The topological polar surface area (TPSA) is 528 Å². The lowest BCUT2D eigenvalue weighted by atomic mass is 10.1. The third-order valence-corrected chi connectivity index (χ3v) is 19.4. The fraction of sp³-hybridized carbons (Fsp3) is 0.269. The second-order valence-electron chi connectivity index (χ2n) is 19.8. The summed E-state index contributed by atoms with van der Waals surface area (Å²) < 4.78 is 179. The van der Waals surface area contributed by atoms with Gasteiger partial charge in [0.2, 0.25) is 17.7 Å². The van der Waals surface area contributed by atoms with Crippen LogP contribution in [-0.2, 0) is 60.2 Å². The highest BCUT2D eigenvalue weighted by atomic mass is 35.5. The molecule has 2 heterocycles. The van der Waals surface area contributed by atoms with Crippen LogP contribution in [0, 0.1) is 13.8 Å². The largest absolute Gasteiger partial charge is 0.497 e. The van der Waals surface area contributed by atoms with Gasteiger partial charge in [0.05, 0.1) is 69.8 Å². The van der Waals surface area contributed by atoms with Gasteiger partial charge < -0.3 is 30.9 Å². The van der Waals surface area contributed by atoms with Crippen molar-refractivity contribution >= 4 is 177 Å². The van der Waals surface area contributed by atoms with Crippen LogP contribution in [0.3, 0.4) is 0 Å². The van der Waals surface area contributed by atoms with Gasteiger partial charge in [0, 0.05) is 41.8 Å². The molecule has 0 saturated carbocycles. The number of halogens is 1. The normalized spacial score (nSPS) is 12.7. The second-order valence-corrected chi connectivity index (χ2v) is 29.9. The molecule has 0 fully saturated rings. The zero-order valence-corrected chi connectivity index (χ0v) is 55.8. The second kappa shape index (κ2) is 30.0. The molecular weight excluding hydrogens is 1400 g/mol. The van der Waals surface area contributed by atoms with Crippen molar-refractivity contribution in [1.29, 1.82) is 0 Å². The van der Waals surface area contributed by atoms with Crippen LogP contribution in [0.15, 0.2) is 127 Å². The number of carbonyl (C=O) groups is 3. The third-order valence-electron chi connectivity index (χ3n) is 12.6. The van der Waals surface area contributed by atoms with E-state index in [4.69, 9.17) is 26.8 Å². The Balaban J connectivity index is 1.36. The molecule has 0 aliphatic heterocycles. The number of pyridine rings is 1. The van der Waals surface area contributed by atoms with Crippen LogP contribution in [0.1, 0.15) is 54.6 Å². The number of rotatable bonds is 29. The molecule has 42 heteroatoms. The smallest absolute Gasteiger partial charge is 0.296 e. The molecule has 502 valence electrons. The minimum absolute atomic E-state index is 0.000396. The number of anilines is 2. The third kappa shape index (κ3) is 19.7. The summed E-state index contributed by atoms with van der Waals surface area (Å²) in [6.07, 6.45) is -0.466. The number of azo groups is 4. The molecule has 3 amide bonds. The van der Waals surface area contributed by atoms with Crippen LogP contribution in [0.5, 0.6) is 17.4 Å². The molecule has 0 saturated heterocycles. The number of hydrogen-bond donors (Lipinski definition) is 9. The first-order chi connectivity index (χ1) is 43.8. The van der Waals surface area contributed by atoms with Gasteiger partial charge in [-0.2, -0.15) is 52.3 Å². The predicted octanol–water partition coefficient (Wildman–Crippen LogP) is 11.0. The number of aryl methyl sites for hydroxylation is 1. The van der Waals surface area contributed by atoms with Crippen LogP contribution in [0.25, 0.3) is 16.7 Å². The Kier molecular flexibility index (Phi) is 23.4. The van der Waals surface area contributed by atoms with Crippen molar-refractivity contribution in [2.45, 2.75) is 66.5 Å². The highest BCUT2D eigenvalue weighted by Crippen LogP contribution is 2.46. The van der Waals surface area contributed by atoms with Gasteiger partial charge >= 0.3 is 0 Å². The zero-order chi connectivity index (χ0) is 69.4. The molecule has 2 aromatic heterocycles. The molecule has 94 heavy (non-hydrogen) atoms. The van der Waals surface area contributed by atoms with Crippen LogP contribution < -0.4 is 25.8 Å². The number of benzene rings is 5. The van der Waals surface area contributed by atoms with Gasteiger partial charge in [-0.15, -0.1) is 54.2 Å². The van der Waals surface area contributed by atoms with E-state index < -0.39 is 112 Å². The Labute approximate surface area is 548 Å². The van der Waals surface area contributed by atoms with E-state index in [1.807, 2.05) is 0 Å².